The van der Waals surface area contributed by atoms with Crippen molar-refractivity contribution in [3.05, 3.63) is 0 Å². The Balaban J connectivity index is 0. The molecular formula is H7BrCaO2. The third-order valence-corrected chi connectivity index (χ3v) is 0. The Morgan fingerprint density at radius 2 is 0.750 bits per heavy atom. The summed E-state index contributed by atoms with van der Waals surface area (Å²) in [4.78, 5) is 0. The second kappa shape index (κ2) is 22.7. The van der Waals surface area contributed by atoms with E-state index in [0.717, 1.165) is 0 Å². The Labute approximate surface area is 65.0 Å². The van der Waals surface area contributed by atoms with Gasteiger partial charge < -0.3 is 11.0 Å². The summed E-state index contributed by atoms with van der Waals surface area (Å²) in [6, 6.07) is 0. The summed E-state index contributed by atoms with van der Waals surface area (Å²) in [6.07, 6.45) is 0. The molecule has 0 heterocycles. The molecular weight excluding hydrogens is 152 g/mol. The van der Waals surface area contributed by atoms with Crippen LogP contribution in [0.3, 0.4) is 0 Å². The van der Waals surface area contributed by atoms with Crippen LogP contribution >= 0.6 is 17.0 Å². The summed E-state index contributed by atoms with van der Waals surface area (Å²) in [6.45, 7) is 0. The van der Waals surface area contributed by atoms with Crippen LogP contribution in [0.1, 0.15) is 0 Å². The van der Waals surface area contributed by atoms with Gasteiger partial charge in [0.2, 0.25) is 0 Å². The third kappa shape index (κ3) is 9.40. The van der Waals surface area contributed by atoms with Gasteiger partial charge in [-0.15, -0.1) is 17.0 Å². The first kappa shape index (κ1) is 44.6. The monoisotopic (exact) mass is 158 g/mol. The first-order valence-electron chi connectivity index (χ1n) is 0. The molecule has 0 fully saturated rings. The van der Waals surface area contributed by atoms with Crippen molar-refractivity contribution < 1.29 is 11.0 Å². The fourth-order valence-corrected chi connectivity index (χ4v) is 0. The first-order valence-corrected chi connectivity index (χ1v) is 0. The Hall–Kier alpha value is 1.66. The molecule has 0 unspecified atom stereocenters. The van der Waals surface area contributed by atoms with E-state index in [0.29, 0.717) is 0 Å². The molecule has 0 aliphatic carbocycles. The summed E-state index contributed by atoms with van der Waals surface area (Å²) in [5.74, 6) is 0. The third-order valence-electron chi connectivity index (χ3n) is 0. The van der Waals surface area contributed by atoms with Crippen LogP contribution in [0, 0.1) is 0 Å². The van der Waals surface area contributed by atoms with Crippen molar-refractivity contribution in [3.63, 3.8) is 0 Å². The average Bonchev–Trinajstić information content (AvgIpc) is 0. The van der Waals surface area contributed by atoms with Crippen LogP contribution in [-0.2, 0) is 0 Å². The Morgan fingerprint density at radius 1 is 0.750 bits per heavy atom. The van der Waals surface area contributed by atoms with E-state index in [1.54, 1.807) is 0 Å². The summed E-state index contributed by atoms with van der Waals surface area (Å²) in [7, 11) is 0. The molecule has 4 heteroatoms. The Morgan fingerprint density at radius 3 is 0.750 bits per heavy atom. The standard InChI is InChI=1S/BrH.Ca.2H2O.2H/h1H;;2*1H2;;. The van der Waals surface area contributed by atoms with Crippen LogP contribution in [0.15, 0.2) is 0 Å². The summed E-state index contributed by atoms with van der Waals surface area (Å²) in [5, 5.41) is 0. The van der Waals surface area contributed by atoms with Crippen LogP contribution in [0.4, 0.5) is 0 Å². The predicted molar refractivity (Wildman–Crippen MR) is 26.1 cm³/mol. The maximum absolute atomic E-state index is 0. The van der Waals surface area contributed by atoms with Gasteiger partial charge in [-0.25, -0.2) is 0 Å². The van der Waals surface area contributed by atoms with E-state index in [9.17, 15) is 0 Å². The average molecular weight is 159 g/mol. The molecule has 0 saturated carbocycles. The summed E-state index contributed by atoms with van der Waals surface area (Å²) < 4.78 is 0. The normalized spacial score (nSPS) is 0. The van der Waals surface area contributed by atoms with Crippen LogP contribution < -0.4 is 0 Å². The van der Waals surface area contributed by atoms with Gasteiger partial charge in [-0.2, -0.15) is 0 Å². The van der Waals surface area contributed by atoms with Crippen molar-refractivity contribution in [3.8, 4) is 0 Å². The van der Waals surface area contributed by atoms with Crippen molar-refractivity contribution in [2.45, 2.75) is 0 Å². The van der Waals surface area contributed by atoms with Gasteiger partial charge in [0.15, 0.2) is 0 Å². The molecule has 0 saturated heterocycles. The minimum atomic E-state index is 0. The van der Waals surface area contributed by atoms with E-state index in [-0.39, 0.29) is 65.7 Å². The summed E-state index contributed by atoms with van der Waals surface area (Å²) >= 11 is 0. The van der Waals surface area contributed by atoms with Gasteiger partial charge in [-0.1, -0.05) is 0 Å². The molecule has 0 aliphatic heterocycles. The number of halogens is 1. The second-order valence-electron chi connectivity index (χ2n) is 0. The molecule has 0 rings (SSSR count). The van der Waals surface area contributed by atoms with Crippen LogP contribution in [0.2, 0.25) is 0 Å². The zero-order valence-corrected chi connectivity index (χ0v) is 3.12. The number of rotatable bonds is 0. The molecule has 0 amide bonds. The number of hydrogen-bond acceptors (Lipinski definition) is 0. The molecule has 0 radical (unpaired) electrons. The quantitative estimate of drug-likeness (QED) is 0.367. The fraction of sp³-hybridized carbons (Fsp3) is 0. The Bertz CT molecular complexity index is 6.00. The van der Waals surface area contributed by atoms with E-state index in [1.807, 2.05) is 0 Å². The van der Waals surface area contributed by atoms with Gasteiger partial charge in [0.1, 0.15) is 0 Å². The zero-order chi connectivity index (χ0) is 0. The molecule has 0 aromatic carbocycles. The van der Waals surface area contributed by atoms with E-state index in [1.165, 1.54) is 0 Å². The molecule has 0 atom stereocenters. The van der Waals surface area contributed by atoms with Crippen LogP contribution in [0.5, 0.6) is 0 Å². The van der Waals surface area contributed by atoms with Gasteiger partial charge in [0.25, 0.3) is 0 Å². The predicted octanol–water partition coefficient (Wildman–Crippen LogP) is -1.99. The minimum absolute atomic E-state index is 0. The summed E-state index contributed by atoms with van der Waals surface area (Å²) in [5.41, 5.74) is 0. The molecule has 4 heavy (non-hydrogen) atoms. The molecule has 0 aromatic heterocycles. The van der Waals surface area contributed by atoms with Gasteiger partial charge in [0, 0.05) is 0 Å². The van der Waals surface area contributed by atoms with Crippen molar-refractivity contribution in [1.82, 2.24) is 0 Å². The van der Waals surface area contributed by atoms with E-state index >= 15 is 0 Å². The Kier molecular flexibility index (Phi) is 253. The van der Waals surface area contributed by atoms with Gasteiger partial charge >= 0.3 is 37.7 Å². The van der Waals surface area contributed by atoms with E-state index < -0.39 is 0 Å². The molecule has 2 nitrogen and oxygen atoms in total. The molecule has 4 N–H and O–H groups in total. The van der Waals surface area contributed by atoms with Crippen LogP contribution in [-0.4, -0.2) is 48.7 Å². The van der Waals surface area contributed by atoms with Crippen molar-refractivity contribution in [1.29, 1.82) is 0 Å². The van der Waals surface area contributed by atoms with Crippen molar-refractivity contribution >= 4 is 54.7 Å². The maximum atomic E-state index is 0. The van der Waals surface area contributed by atoms with E-state index in [4.69, 9.17) is 0 Å². The van der Waals surface area contributed by atoms with Gasteiger partial charge in [-0.3, -0.25) is 0 Å². The molecule has 0 aromatic rings. The van der Waals surface area contributed by atoms with Crippen molar-refractivity contribution in [2.75, 3.05) is 0 Å². The SMILES string of the molecule is Br.O.O.[CaH2]. The second-order valence-corrected chi connectivity index (χ2v) is 0. The molecule has 28 valence electrons. The zero-order valence-electron chi connectivity index (χ0n) is 1.41. The van der Waals surface area contributed by atoms with E-state index in [2.05, 4.69) is 0 Å². The van der Waals surface area contributed by atoms with Crippen molar-refractivity contribution in [2.24, 2.45) is 0 Å². The fourth-order valence-electron chi connectivity index (χ4n) is 0. The first-order chi connectivity index (χ1) is 0. The van der Waals surface area contributed by atoms with Gasteiger partial charge in [0.05, 0.1) is 0 Å². The molecule has 0 bridgehead atoms. The number of hydrogen-bond donors (Lipinski definition) is 0. The topological polar surface area (TPSA) is 63.0 Å². The molecule has 0 spiro atoms. The van der Waals surface area contributed by atoms with Gasteiger partial charge in [-0.05, 0) is 0 Å². The van der Waals surface area contributed by atoms with Crippen LogP contribution in [0.25, 0.3) is 0 Å². The molecule has 0 aliphatic rings.